The van der Waals surface area contributed by atoms with Gasteiger partial charge in [0.1, 0.15) is 0 Å². The highest BCUT2D eigenvalue weighted by molar-refractivity contribution is 4.91. The fourth-order valence-electron chi connectivity index (χ4n) is 3.15. The third-order valence-electron chi connectivity index (χ3n) is 3.88. The second-order valence-corrected chi connectivity index (χ2v) is 5.20. The van der Waals surface area contributed by atoms with E-state index in [4.69, 9.17) is 5.73 Å². The van der Waals surface area contributed by atoms with Gasteiger partial charge in [-0.1, -0.05) is 25.7 Å². The van der Waals surface area contributed by atoms with Crippen LogP contribution in [0.3, 0.4) is 0 Å². The van der Waals surface area contributed by atoms with Crippen LogP contribution in [0, 0.1) is 11.8 Å². The Kier molecular flexibility index (Phi) is 2.16. The molecule has 0 saturated heterocycles. The minimum atomic E-state index is 0.165. The summed E-state index contributed by atoms with van der Waals surface area (Å²) in [5.74, 6) is 2.01. The van der Waals surface area contributed by atoms with Crippen LogP contribution in [0.25, 0.3) is 0 Å². The van der Waals surface area contributed by atoms with Crippen LogP contribution in [0.1, 0.15) is 51.9 Å². The number of hydrogen-bond acceptors (Lipinski definition) is 1. The van der Waals surface area contributed by atoms with Crippen molar-refractivity contribution in [1.29, 1.82) is 0 Å². The molecule has 0 spiro atoms. The first kappa shape index (κ1) is 8.55. The van der Waals surface area contributed by atoms with Crippen molar-refractivity contribution < 1.29 is 0 Å². The van der Waals surface area contributed by atoms with Gasteiger partial charge in [-0.05, 0) is 38.0 Å². The van der Waals surface area contributed by atoms with Crippen LogP contribution in [-0.2, 0) is 0 Å². The lowest BCUT2D eigenvalue weighted by Gasteiger charge is -2.43. The maximum absolute atomic E-state index is 6.18. The zero-order valence-corrected chi connectivity index (χ0v) is 8.18. The Morgan fingerprint density at radius 2 is 1.75 bits per heavy atom. The van der Waals surface area contributed by atoms with Gasteiger partial charge in [0.05, 0.1) is 0 Å². The zero-order valence-electron chi connectivity index (χ0n) is 8.18. The van der Waals surface area contributed by atoms with Crippen molar-refractivity contribution in [2.45, 2.75) is 57.4 Å². The Morgan fingerprint density at radius 1 is 1.08 bits per heavy atom. The van der Waals surface area contributed by atoms with Gasteiger partial charge in [0, 0.05) is 5.54 Å². The molecule has 0 amide bonds. The fraction of sp³-hybridized carbons (Fsp3) is 1.00. The first-order valence-corrected chi connectivity index (χ1v) is 5.46. The van der Waals surface area contributed by atoms with Gasteiger partial charge >= 0.3 is 0 Å². The molecule has 2 aliphatic rings. The molecular formula is C11H21N. The lowest BCUT2D eigenvalue weighted by molar-refractivity contribution is 0.119. The summed E-state index contributed by atoms with van der Waals surface area (Å²) in [5, 5.41) is 0. The Morgan fingerprint density at radius 3 is 2.50 bits per heavy atom. The molecule has 1 heteroatoms. The third-order valence-corrected chi connectivity index (χ3v) is 3.88. The first-order chi connectivity index (χ1) is 5.67. The minimum absolute atomic E-state index is 0.165. The van der Waals surface area contributed by atoms with Crippen LogP contribution in [0.15, 0.2) is 0 Å². The predicted molar refractivity (Wildman–Crippen MR) is 51.9 cm³/mol. The Balaban J connectivity index is 1.99. The van der Waals surface area contributed by atoms with Crippen molar-refractivity contribution in [3.63, 3.8) is 0 Å². The van der Waals surface area contributed by atoms with Gasteiger partial charge in [-0.15, -0.1) is 0 Å². The molecule has 1 nitrogen and oxygen atoms in total. The second-order valence-electron chi connectivity index (χ2n) is 5.20. The van der Waals surface area contributed by atoms with Crippen LogP contribution in [0.4, 0.5) is 0 Å². The summed E-state index contributed by atoms with van der Waals surface area (Å²) in [6.45, 7) is 2.23. The summed E-state index contributed by atoms with van der Waals surface area (Å²) >= 11 is 0. The van der Waals surface area contributed by atoms with E-state index in [0.29, 0.717) is 0 Å². The van der Waals surface area contributed by atoms with E-state index in [-0.39, 0.29) is 5.54 Å². The largest absolute Gasteiger partial charge is 0.325 e. The minimum Gasteiger partial charge on any atom is -0.325 e. The molecule has 2 fully saturated rings. The molecule has 0 aromatic rings. The monoisotopic (exact) mass is 167 g/mol. The van der Waals surface area contributed by atoms with Gasteiger partial charge in [-0.25, -0.2) is 0 Å². The molecule has 3 unspecified atom stereocenters. The van der Waals surface area contributed by atoms with Crippen LogP contribution in [0.2, 0.25) is 0 Å². The van der Waals surface area contributed by atoms with Gasteiger partial charge < -0.3 is 5.73 Å². The molecule has 0 heterocycles. The summed E-state index contributed by atoms with van der Waals surface area (Å²) < 4.78 is 0. The molecule has 2 aliphatic carbocycles. The first-order valence-electron chi connectivity index (χ1n) is 5.46. The molecule has 0 bridgehead atoms. The molecule has 0 radical (unpaired) electrons. The molecule has 0 aromatic carbocycles. The third kappa shape index (κ3) is 1.66. The lowest BCUT2D eigenvalue weighted by Crippen LogP contribution is -2.44. The van der Waals surface area contributed by atoms with E-state index >= 15 is 0 Å². The topological polar surface area (TPSA) is 26.0 Å². The van der Waals surface area contributed by atoms with Crippen LogP contribution in [0.5, 0.6) is 0 Å². The maximum atomic E-state index is 6.18. The molecule has 70 valence electrons. The molecule has 0 aromatic heterocycles. The van der Waals surface area contributed by atoms with Crippen LogP contribution < -0.4 is 5.73 Å². The van der Waals surface area contributed by atoms with Crippen molar-refractivity contribution in [3.8, 4) is 0 Å². The fourth-order valence-corrected chi connectivity index (χ4v) is 3.15. The van der Waals surface area contributed by atoms with Gasteiger partial charge in [0.25, 0.3) is 0 Å². The van der Waals surface area contributed by atoms with E-state index < -0.39 is 0 Å². The highest BCUT2D eigenvalue weighted by Crippen LogP contribution is 2.43. The predicted octanol–water partition coefficient (Wildman–Crippen LogP) is 2.69. The SMILES string of the molecule is CC1(N)CCC2CCCCC2C1. The van der Waals surface area contributed by atoms with Crippen molar-refractivity contribution in [2.24, 2.45) is 17.6 Å². The van der Waals surface area contributed by atoms with E-state index in [1.807, 2.05) is 0 Å². The van der Waals surface area contributed by atoms with Crippen molar-refractivity contribution in [3.05, 3.63) is 0 Å². The molecule has 2 rings (SSSR count). The summed E-state index contributed by atoms with van der Waals surface area (Å²) in [5.41, 5.74) is 6.35. The van der Waals surface area contributed by atoms with Crippen LogP contribution >= 0.6 is 0 Å². The van der Waals surface area contributed by atoms with Crippen LogP contribution in [-0.4, -0.2) is 5.54 Å². The Labute approximate surface area is 75.7 Å². The van der Waals surface area contributed by atoms with E-state index in [1.54, 1.807) is 0 Å². The highest BCUT2D eigenvalue weighted by atomic mass is 14.7. The van der Waals surface area contributed by atoms with Gasteiger partial charge in [0.15, 0.2) is 0 Å². The van der Waals surface area contributed by atoms with Gasteiger partial charge in [0.2, 0.25) is 0 Å². The van der Waals surface area contributed by atoms with Gasteiger partial charge in [-0.3, -0.25) is 0 Å². The smallest absolute Gasteiger partial charge is 0.0128 e. The van der Waals surface area contributed by atoms with Crippen molar-refractivity contribution in [1.82, 2.24) is 0 Å². The van der Waals surface area contributed by atoms with Crippen molar-refractivity contribution >= 4 is 0 Å². The van der Waals surface area contributed by atoms with E-state index in [2.05, 4.69) is 6.92 Å². The van der Waals surface area contributed by atoms with Gasteiger partial charge in [-0.2, -0.15) is 0 Å². The average molecular weight is 167 g/mol. The molecule has 2 N–H and O–H groups in total. The Bertz CT molecular complexity index is 162. The maximum Gasteiger partial charge on any atom is 0.0128 e. The summed E-state index contributed by atoms with van der Waals surface area (Å²) in [6, 6.07) is 0. The number of nitrogens with two attached hydrogens (primary N) is 1. The number of rotatable bonds is 0. The Hall–Kier alpha value is -0.0400. The molecular weight excluding hydrogens is 146 g/mol. The standard InChI is InChI=1S/C11H21N/c1-11(12)7-6-9-4-2-3-5-10(9)8-11/h9-10H,2-8,12H2,1H3. The quantitative estimate of drug-likeness (QED) is 0.590. The summed E-state index contributed by atoms with van der Waals surface area (Å²) in [7, 11) is 0. The number of hydrogen-bond donors (Lipinski definition) is 1. The lowest BCUT2D eigenvalue weighted by atomic mass is 9.65. The van der Waals surface area contributed by atoms with E-state index in [0.717, 1.165) is 11.8 Å². The molecule has 3 atom stereocenters. The molecule has 2 saturated carbocycles. The summed E-state index contributed by atoms with van der Waals surface area (Å²) in [6.07, 6.45) is 9.82. The van der Waals surface area contributed by atoms with Crippen molar-refractivity contribution in [2.75, 3.05) is 0 Å². The van der Waals surface area contributed by atoms with E-state index in [1.165, 1.54) is 44.9 Å². The summed E-state index contributed by atoms with van der Waals surface area (Å²) in [4.78, 5) is 0. The zero-order chi connectivity index (χ0) is 8.60. The highest BCUT2D eigenvalue weighted by Gasteiger charge is 2.35. The average Bonchev–Trinajstić information content (AvgIpc) is 2.02. The molecule has 0 aliphatic heterocycles. The number of fused-ring (bicyclic) bond motifs is 1. The molecule has 12 heavy (non-hydrogen) atoms. The second kappa shape index (κ2) is 3.02. The van der Waals surface area contributed by atoms with E-state index in [9.17, 15) is 0 Å². The normalized spacial score (nSPS) is 48.5.